The number of hydrogen-bond acceptors (Lipinski definition) is 8. The standard InChI is InChI=1S/C30H28N6O2S/c31-17-21-4-2-5-22(14-21)24-18-32-28(33-19-24)15-20-3-1-6-23(13-20)29(37)35-30-34-26-8-7-25(16-27(26)39-30)36-9-11-38-12-10-36/h1-6,13-14,18-19,25H,7-12,15-16H2,(H,34,35,37). The summed E-state index contributed by atoms with van der Waals surface area (Å²) in [4.78, 5) is 30.6. The van der Waals surface area contributed by atoms with Gasteiger partial charge in [-0.25, -0.2) is 15.0 Å². The van der Waals surface area contributed by atoms with Gasteiger partial charge in [-0.2, -0.15) is 5.26 Å². The number of ether oxygens (including phenoxy) is 1. The predicted molar refractivity (Wildman–Crippen MR) is 150 cm³/mol. The molecule has 0 bridgehead atoms. The molecule has 1 N–H and O–H groups in total. The van der Waals surface area contributed by atoms with E-state index in [2.05, 4.69) is 26.3 Å². The fourth-order valence-electron chi connectivity index (χ4n) is 5.20. The lowest BCUT2D eigenvalue weighted by atomic mass is 9.96. The molecule has 196 valence electrons. The van der Waals surface area contributed by atoms with Crippen molar-refractivity contribution in [3.8, 4) is 17.2 Å². The number of hydrogen-bond donors (Lipinski definition) is 1. The van der Waals surface area contributed by atoms with Crippen LogP contribution in [-0.4, -0.2) is 58.1 Å². The zero-order valence-electron chi connectivity index (χ0n) is 21.5. The van der Waals surface area contributed by atoms with Gasteiger partial charge in [0.05, 0.1) is 30.5 Å². The Kier molecular flexibility index (Phi) is 7.41. The number of carbonyl (C=O) groups is 1. The van der Waals surface area contributed by atoms with Gasteiger partial charge in [-0.1, -0.05) is 24.3 Å². The van der Waals surface area contributed by atoms with E-state index < -0.39 is 0 Å². The number of rotatable bonds is 6. The normalized spacial score (nSPS) is 17.3. The van der Waals surface area contributed by atoms with E-state index in [1.807, 2.05) is 42.5 Å². The van der Waals surface area contributed by atoms with Crippen LogP contribution in [0.15, 0.2) is 60.9 Å². The molecular formula is C30H28N6O2S. The van der Waals surface area contributed by atoms with E-state index in [1.165, 1.54) is 4.88 Å². The average molecular weight is 537 g/mol. The predicted octanol–water partition coefficient (Wildman–Crippen LogP) is 4.50. The van der Waals surface area contributed by atoms with Gasteiger partial charge in [0.15, 0.2) is 5.13 Å². The van der Waals surface area contributed by atoms with Crippen LogP contribution in [0.25, 0.3) is 11.1 Å². The van der Waals surface area contributed by atoms with Crippen molar-refractivity contribution >= 4 is 22.4 Å². The number of morpholine rings is 1. The Balaban J connectivity index is 1.09. The van der Waals surface area contributed by atoms with Crippen molar-refractivity contribution in [3.63, 3.8) is 0 Å². The zero-order chi connectivity index (χ0) is 26.6. The van der Waals surface area contributed by atoms with Crippen molar-refractivity contribution in [2.24, 2.45) is 0 Å². The highest BCUT2D eigenvalue weighted by Gasteiger charge is 2.28. The Hall–Kier alpha value is -3.97. The summed E-state index contributed by atoms with van der Waals surface area (Å²) >= 11 is 1.60. The number of fused-ring (bicyclic) bond motifs is 1. The second kappa shape index (κ2) is 11.4. The number of benzene rings is 2. The molecule has 0 spiro atoms. The Bertz CT molecular complexity index is 1520. The van der Waals surface area contributed by atoms with Gasteiger partial charge in [-0.3, -0.25) is 15.0 Å². The van der Waals surface area contributed by atoms with Crippen molar-refractivity contribution < 1.29 is 9.53 Å². The molecule has 2 aromatic carbocycles. The molecule has 1 saturated heterocycles. The molecular weight excluding hydrogens is 508 g/mol. The summed E-state index contributed by atoms with van der Waals surface area (Å²) in [7, 11) is 0. The van der Waals surface area contributed by atoms with Gasteiger partial charge in [0.2, 0.25) is 0 Å². The molecule has 1 amide bonds. The summed E-state index contributed by atoms with van der Waals surface area (Å²) in [6.07, 6.45) is 7.07. The van der Waals surface area contributed by atoms with Gasteiger partial charge < -0.3 is 4.74 Å². The maximum Gasteiger partial charge on any atom is 0.257 e. The number of nitrogens with one attached hydrogen (secondary N) is 1. The van der Waals surface area contributed by atoms with Crippen LogP contribution in [0.4, 0.5) is 5.13 Å². The topological polar surface area (TPSA) is 104 Å². The Morgan fingerprint density at radius 2 is 1.92 bits per heavy atom. The minimum Gasteiger partial charge on any atom is -0.379 e. The second-order valence-electron chi connectivity index (χ2n) is 9.85. The monoisotopic (exact) mass is 536 g/mol. The number of carbonyl (C=O) groups excluding carboxylic acids is 1. The van der Waals surface area contributed by atoms with E-state index in [4.69, 9.17) is 15.0 Å². The van der Waals surface area contributed by atoms with Crippen LogP contribution >= 0.6 is 11.3 Å². The molecule has 0 radical (unpaired) electrons. The summed E-state index contributed by atoms with van der Waals surface area (Å²) < 4.78 is 5.51. The lowest BCUT2D eigenvalue weighted by Crippen LogP contribution is -2.45. The summed E-state index contributed by atoms with van der Waals surface area (Å²) in [6.45, 7) is 3.59. The Morgan fingerprint density at radius 1 is 1.10 bits per heavy atom. The third-order valence-corrected chi connectivity index (χ3v) is 8.31. The molecule has 2 aromatic heterocycles. The van der Waals surface area contributed by atoms with E-state index in [9.17, 15) is 4.79 Å². The fourth-order valence-corrected chi connectivity index (χ4v) is 6.28. The first-order valence-electron chi connectivity index (χ1n) is 13.2. The maximum atomic E-state index is 13.1. The molecule has 1 atom stereocenters. The van der Waals surface area contributed by atoms with Crippen LogP contribution < -0.4 is 5.32 Å². The summed E-state index contributed by atoms with van der Waals surface area (Å²) in [6, 6.07) is 17.6. The third kappa shape index (κ3) is 5.88. The SMILES string of the molecule is N#Cc1cccc(-c2cnc(Cc3cccc(C(=O)Nc4nc5c(s4)CC(N4CCOCC4)CC5)c3)nc2)c1. The van der Waals surface area contributed by atoms with Gasteiger partial charge in [-0.15, -0.1) is 11.3 Å². The number of anilines is 1. The molecule has 39 heavy (non-hydrogen) atoms. The fraction of sp³-hybridized carbons (Fsp3) is 0.300. The molecule has 1 aliphatic heterocycles. The van der Waals surface area contributed by atoms with Gasteiger partial charge in [0.25, 0.3) is 5.91 Å². The number of thiazole rings is 1. The number of amides is 1. The Labute approximate surface area is 231 Å². The highest BCUT2D eigenvalue weighted by Crippen LogP contribution is 2.32. The van der Waals surface area contributed by atoms with Crippen molar-refractivity contribution in [1.29, 1.82) is 5.26 Å². The summed E-state index contributed by atoms with van der Waals surface area (Å²) in [5.74, 6) is 0.497. The number of aromatic nitrogens is 3. The van der Waals surface area contributed by atoms with E-state index >= 15 is 0 Å². The van der Waals surface area contributed by atoms with Crippen LogP contribution in [0.1, 0.15) is 44.3 Å². The third-order valence-electron chi connectivity index (χ3n) is 7.28. The maximum absolute atomic E-state index is 13.1. The minimum atomic E-state index is -0.165. The highest BCUT2D eigenvalue weighted by molar-refractivity contribution is 7.15. The van der Waals surface area contributed by atoms with E-state index in [1.54, 1.807) is 29.8 Å². The van der Waals surface area contributed by atoms with Crippen LogP contribution in [0.5, 0.6) is 0 Å². The first kappa shape index (κ1) is 25.3. The van der Waals surface area contributed by atoms with Crippen LogP contribution in [-0.2, 0) is 24.0 Å². The van der Waals surface area contributed by atoms with Crippen molar-refractivity contribution in [3.05, 3.63) is 94.0 Å². The molecule has 1 fully saturated rings. The van der Waals surface area contributed by atoms with Gasteiger partial charge in [-0.05, 0) is 54.7 Å². The molecule has 2 aliphatic rings. The minimum absolute atomic E-state index is 0.165. The molecule has 0 saturated carbocycles. The highest BCUT2D eigenvalue weighted by atomic mass is 32.1. The van der Waals surface area contributed by atoms with Gasteiger partial charge in [0.1, 0.15) is 5.82 Å². The quantitative estimate of drug-likeness (QED) is 0.387. The van der Waals surface area contributed by atoms with Crippen LogP contribution in [0.3, 0.4) is 0 Å². The molecule has 1 unspecified atom stereocenters. The van der Waals surface area contributed by atoms with Crippen LogP contribution in [0.2, 0.25) is 0 Å². The van der Waals surface area contributed by atoms with Crippen molar-refractivity contribution in [2.45, 2.75) is 31.7 Å². The molecule has 6 rings (SSSR count). The lowest BCUT2D eigenvalue weighted by Gasteiger charge is -2.36. The zero-order valence-corrected chi connectivity index (χ0v) is 22.3. The van der Waals surface area contributed by atoms with E-state index in [0.29, 0.717) is 34.5 Å². The lowest BCUT2D eigenvalue weighted by molar-refractivity contribution is 0.0139. The largest absolute Gasteiger partial charge is 0.379 e. The molecule has 9 heteroatoms. The number of nitriles is 1. The van der Waals surface area contributed by atoms with Gasteiger partial charge in [0, 0.05) is 53.9 Å². The average Bonchev–Trinajstić information content (AvgIpc) is 3.39. The molecule has 8 nitrogen and oxygen atoms in total. The molecule has 4 aromatic rings. The van der Waals surface area contributed by atoms with Crippen molar-refractivity contribution in [1.82, 2.24) is 19.9 Å². The number of aryl methyl sites for hydroxylation is 1. The van der Waals surface area contributed by atoms with Crippen LogP contribution in [0, 0.1) is 11.3 Å². The molecule has 3 heterocycles. The first-order chi connectivity index (χ1) is 19.1. The van der Waals surface area contributed by atoms with E-state index in [0.717, 1.165) is 68.0 Å². The van der Waals surface area contributed by atoms with Gasteiger partial charge >= 0.3 is 0 Å². The second-order valence-corrected chi connectivity index (χ2v) is 10.9. The van der Waals surface area contributed by atoms with E-state index in [-0.39, 0.29) is 5.91 Å². The Morgan fingerprint density at radius 3 is 2.74 bits per heavy atom. The summed E-state index contributed by atoms with van der Waals surface area (Å²) in [5.41, 5.74) is 5.01. The summed E-state index contributed by atoms with van der Waals surface area (Å²) in [5, 5.41) is 12.8. The van der Waals surface area contributed by atoms with Crippen molar-refractivity contribution in [2.75, 3.05) is 31.6 Å². The smallest absolute Gasteiger partial charge is 0.257 e. The number of nitrogens with zero attached hydrogens (tertiary/aromatic N) is 5. The molecule has 1 aliphatic carbocycles. The first-order valence-corrected chi connectivity index (χ1v) is 14.0.